The second-order valence-corrected chi connectivity index (χ2v) is 8.04. The van der Waals surface area contributed by atoms with Crippen LogP contribution in [0.1, 0.15) is 5.69 Å². The van der Waals surface area contributed by atoms with E-state index in [2.05, 4.69) is 27.1 Å². The molecule has 0 unspecified atom stereocenters. The third-order valence-electron chi connectivity index (χ3n) is 3.93. The van der Waals surface area contributed by atoms with Gasteiger partial charge in [0, 0.05) is 29.4 Å². The summed E-state index contributed by atoms with van der Waals surface area (Å²) < 4.78 is 2.02. The maximum atomic E-state index is 6.28. The van der Waals surface area contributed by atoms with Crippen molar-refractivity contribution in [2.45, 2.75) is 17.5 Å². The fourth-order valence-corrected chi connectivity index (χ4v) is 4.73. The van der Waals surface area contributed by atoms with Gasteiger partial charge in [0.05, 0.1) is 10.7 Å². The Kier molecular flexibility index (Phi) is 5.85. The number of hydrogen-bond donors (Lipinski definition) is 0. The first-order valence-electron chi connectivity index (χ1n) is 8.54. The van der Waals surface area contributed by atoms with E-state index in [4.69, 9.17) is 16.6 Å². The van der Waals surface area contributed by atoms with Crippen molar-refractivity contribution in [2.75, 3.05) is 0 Å². The SMILES string of the molecule is C=CCn1c(SCc2csc(-c3ccccc3Cl)n2)nnc1-c1ccccn1. The molecule has 0 aliphatic rings. The first-order chi connectivity index (χ1) is 13.8. The predicted octanol–water partition coefficient (Wildman–Crippen LogP) is 5.60. The number of halogens is 1. The standard InChI is InChI=1S/C20H16ClN5S2/c1-2-11-26-18(17-9-5-6-10-22-17)24-25-20(26)28-13-14-12-27-19(23-14)15-7-3-4-8-16(15)21/h2-10,12H,1,11,13H2. The molecular formula is C20H16ClN5S2. The Morgan fingerprint density at radius 1 is 1.14 bits per heavy atom. The summed E-state index contributed by atoms with van der Waals surface area (Å²) >= 11 is 9.47. The number of nitrogens with zero attached hydrogens (tertiary/aromatic N) is 5. The molecule has 140 valence electrons. The van der Waals surface area contributed by atoms with Crippen LogP contribution in [0, 0.1) is 0 Å². The summed E-state index contributed by atoms with van der Waals surface area (Å²) in [5.74, 6) is 1.43. The van der Waals surface area contributed by atoms with Crippen LogP contribution >= 0.6 is 34.7 Å². The molecule has 0 saturated heterocycles. The fraction of sp³-hybridized carbons (Fsp3) is 0.100. The highest BCUT2D eigenvalue weighted by atomic mass is 35.5. The minimum absolute atomic E-state index is 0.614. The van der Waals surface area contributed by atoms with Crippen molar-refractivity contribution in [1.82, 2.24) is 24.7 Å². The van der Waals surface area contributed by atoms with E-state index in [0.29, 0.717) is 17.3 Å². The lowest BCUT2D eigenvalue weighted by molar-refractivity contribution is 0.729. The van der Waals surface area contributed by atoms with Gasteiger partial charge in [-0.1, -0.05) is 53.7 Å². The third kappa shape index (κ3) is 4.01. The van der Waals surface area contributed by atoms with Crippen LogP contribution in [-0.4, -0.2) is 24.7 Å². The zero-order valence-electron chi connectivity index (χ0n) is 14.8. The van der Waals surface area contributed by atoms with Crippen molar-refractivity contribution in [3.05, 3.63) is 77.4 Å². The van der Waals surface area contributed by atoms with Gasteiger partial charge < -0.3 is 0 Å². The first kappa shape index (κ1) is 18.9. The zero-order chi connectivity index (χ0) is 19.3. The van der Waals surface area contributed by atoms with Crippen molar-refractivity contribution in [3.8, 4) is 22.1 Å². The Morgan fingerprint density at radius 2 is 2.00 bits per heavy atom. The lowest BCUT2D eigenvalue weighted by Gasteiger charge is -2.06. The Bertz CT molecular complexity index is 1090. The van der Waals surface area contributed by atoms with Gasteiger partial charge in [0.25, 0.3) is 0 Å². The van der Waals surface area contributed by atoms with Crippen molar-refractivity contribution in [2.24, 2.45) is 0 Å². The molecule has 1 aromatic carbocycles. The first-order valence-corrected chi connectivity index (χ1v) is 10.8. The van der Waals surface area contributed by atoms with Gasteiger partial charge in [0.15, 0.2) is 11.0 Å². The molecule has 0 radical (unpaired) electrons. The smallest absolute Gasteiger partial charge is 0.192 e. The molecule has 8 heteroatoms. The number of allylic oxidation sites excluding steroid dienone is 1. The van der Waals surface area contributed by atoms with Gasteiger partial charge in [-0.25, -0.2) is 4.98 Å². The van der Waals surface area contributed by atoms with Crippen molar-refractivity contribution in [1.29, 1.82) is 0 Å². The molecule has 0 atom stereocenters. The molecule has 0 spiro atoms. The average molecular weight is 426 g/mol. The van der Waals surface area contributed by atoms with Crippen LogP contribution in [0.15, 0.2) is 71.9 Å². The molecule has 3 heterocycles. The van der Waals surface area contributed by atoms with Crippen LogP contribution in [0.2, 0.25) is 5.02 Å². The summed E-state index contributed by atoms with van der Waals surface area (Å²) in [4.78, 5) is 9.10. The second kappa shape index (κ2) is 8.68. The average Bonchev–Trinajstić information content (AvgIpc) is 3.35. The van der Waals surface area contributed by atoms with Crippen LogP contribution in [0.4, 0.5) is 0 Å². The Morgan fingerprint density at radius 3 is 2.79 bits per heavy atom. The number of rotatable bonds is 7. The van der Waals surface area contributed by atoms with Crippen LogP contribution < -0.4 is 0 Å². The largest absolute Gasteiger partial charge is 0.297 e. The van der Waals surface area contributed by atoms with Crippen LogP contribution in [0.25, 0.3) is 22.1 Å². The third-order valence-corrected chi connectivity index (χ3v) is 6.18. The molecule has 0 saturated carbocycles. The normalized spacial score (nSPS) is 10.9. The molecule has 0 N–H and O–H groups in total. The molecule has 0 aliphatic heterocycles. The van der Waals surface area contributed by atoms with Gasteiger partial charge in [-0.05, 0) is 18.2 Å². The van der Waals surface area contributed by atoms with Gasteiger partial charge in [0.1, 0.15) is 10.7 Å². The van der Waals surface area contributed by atoms with E-state index in [0.717, 1.165) is 32.9 Å². The molecule has 4 rings (SSSR count). The number of hydrogen-bond acceptors (Lipinski definition) is 6. The Balaban J connectivity index is 1.54. The highest BCUT2D eigenvalue weighted by molar-refractivity contribution is 7.98. The van der Waals surface area contributed by atoms with Gasteiger partial charge in [-0.15, -0.1) is 28.1 Å². The summed E-state index contributed by atoms with van der Waals surface area (Å²) in [5.41, 5.74) is 2.73. The summed E-state index contributed by atoms with van der Waals surface area (Å²) in [7, 11) is 0. The summed E-state index contributed by atoms with van der Waals surface area (Å²) in [6.07, 6.45) is 3.58. The minimum atomic E-state index is 0.614. The lowest BCUT2D eigenvalue weighted by Crippen LogP contribution is -2.01. The number of thiazole rings is 1. The van der Waals surface area contributed by atoms with Crippen molar-refractivity contribution >= 4 is 34.7 Å². The van der Waals surface area contributed by atoms with Crippen molar-refractivity contribution < 1.29 is 0 Å². The van der Waals surface area contributed by atoms with Crippen LogP contribution in [-0.2, 0) is 12.3 Å². The quantitative estimate of drug-likeness (QED) is 0.285. The van der Waals surface area contributed by atoms with Gasteiger partial charge in [0.2, 0.25) is 0 Å². The monoisotopic (exact) mass is 425 g/mol. The maximum Gasteiger partial charge on any atom is 0.192 e. The minimum Gasteiger partial charge on any atom is -0.297 e. The van der Waals surface area contributed by atoms with E-state index in [1.54, 1.807) is 29.3 Å². The molecule has 28 heavy (non-hydrogen) atoms. The highest BCUT2D eigenvalue weighted by Crippen LogP contribution is 2.32. The van der Waals surface area contributed by atoms with Crippen LogP contribution in [0.5, 0.6) is 0 Å². The Hall–Kier alpha value is -2.48. The zero-order valence-corrected chi connectivity index (χ0v) is 17.2. The highest BCUT2D eigenvalue weighted by Gasteiger charge is 2.15. The van der Waals surface area contributed by atoms with Gasteiger partial charge >= 0.3 is 0 Å². The molecule has 0 aliphatic carbocycles. The van der Waals surface area contributed by atoms with Crippen molar-refractivity contribution in [3.63, 3.8) is 0 Å². The number of benzene rings is 1. The molecule has 0 bridgehead atoms. The predicted molar refractivity (Wildman–Crippen MR) is 116 cm³/mol. The van der Waals surface area contributed by atoms with E-state index in [-0.39, 0.29) is 0 Å². The van der Waals surface area contributed by atoms with Gasteiger partial charge in [-0.2, -0.15) is 0 Å². The molecule has 5 nitrogen and oxygen atoms in total. The van der Waals surface area contributed by atoms with E-state index in [9.17, 15) is 0 Å². The molecule has 0 fully saturated rings. The molecule has 3 aromatic heterocycles. The molecule has 4 aromatic rings. The van der Waals surface area contributed by atoms with E-state index >= 15 is 0 Å². The van der Waals surface area contributed by atoms with Gasteiger partial charge in [-0.3, -0.25) is 9.55 Å². The Labute approximate surface area is 176 Å². The van der Waals surface area contributed by atoms with Crippen LogP contribution in [0.3, 0.4) is 0 Å². The number of pyridine rings is 1. The number of aromatic nitrogens is 5. The lowest BCUT2D eigenvalue weighted by atomic mass is 10.2. The van der Waals surface area contributed by atoms with E-state index in [1.807, 2.05) is 53.1 Å². The topological polar surface area (TPSA) is 56.5 Å². The second-order valence-electron chi connectivity index (χ2n) is 5.83. The summed E-state index contributed by atoms with van der Waals surface area (Å²) in [6, 6.07) is 13.5. The molecular weight excluding hydrogens is 410 g/mol. The molecule has 0 amide bonds. The van der Waals surface area contributed by atoms with E-state index in [1.165, 1.54) is 0 Å². The number of thioether (sulfide) groups is 1. The maximum absolute atomic E-state index is 6.28. The summed E-state index contributed by atoms with van der Waals surface area (Å²) in [6.45, 7) is 4.46. The summed E-state index contributed by atoms with van der Waals surface area (Å²) in [5, 5.41) is 13.2. The fourth-order valence-electron chi connectivity index (χ4n) is 2.64. The van der Waals surface area contributed by atoms with E-state index < -0.39 is 0 Å².